The van der Waals surface area contributed by atoms with E-state index in [2.05, 4.69) is 10.3 Å². The molecule has 4 rings (SSSR count). The predicted molar refractivity (Wildman–Crippen MR) is 160 cm³/mol. The Bertz CT molecular complexity index is 1390. The van der Waals surface area contributed by atoms with Crippen LogP contribution >= 0.6 is 0 Å². The summed E-state index contributed by atoms with van der Waals surface area (Å²) in [6, 6.07) is 19.6. The molecular weight excluding hydrogens is 584 g/mol. The highest BCUT2D eigenvalue weighted by atomic mass is 16.7. The number of aromatic nitrogens is 1. The number of pyridine rings is 1. The highest BCUT2D eigenvalue weighted by Crippen LogP contribution is 2.29. The van der Waals surface area contributed by atoms with Gasteiger partial charge in [0.25, 0.3) is 5.91 Å². The normalized spacial score (nSPS) is 18.6. The monoisotopic (exact) mass is 622 g/mol. The highest BCUT2D eigenvalue weighted by molar-refractivity contribution is 5.98. The minimum atomic E-state index is -1.18. The van der Waals surface area contributed by atoms with Gasteiger partial charge in [0.2, 0.25) is 6.79 Å². The number of rotatable bonds is 13. The second-order valence-electron chi connectivity index (χ2n) is 10.4. The fourth-order valence-electron chi connectivity index (χ4n) is 4.25. The summed E-state index contributed by atoms with van der Waals surface area (Å²) in [5, 5.41) is 2.61. The van der Waals surface area contributed by atoms with E-state index in [4.69, 9.17) is 33.2 Å². The summed E-state index contributed by atoms with van der Waals surface area (Å²) < 4.78 is 39.8. The third kappa shape index (κ3) is 10.00. The zero-order valence-corrected chi connectivity index (χ0v) is 25.5. The van der Waals surface area contributed by atoms with Crippen molar-refractivity contribution in [1.82, 2.24) is 10.3 Å². The number of nitrogens with one attached hydrogen (secondary N) is 1. The minimum absolute atomic E-state index is 0.0600. The maximum atomic E-state index is 13.4. The van der Waals surface area contributed by atoms with E-state index in [1.54, 1.807) is 13.8 Å². The largest absolute Gasteiger partial charge is 0.493 e. The van der Waals surface area contributed by atoms with Crippen LogP contribution in [0.3, 0.4) is 0 Å². The lowest BCUT2D eigenvalue weighted by atomic mass is 10.2. The quantitative estimate of drug-likeness (QED) is 0.221. The Morgan fingerprint density at radius 2 is 1.53 bits per heavy atom. The molecule has 0 radical (unpaired) electrons. The zero-order chi connectivity index (χ0) is 32.0. The Labute approximate surface area is 261 Å². The zero-order valence-electron chi connectivity index (χ0n) is 25.5. The number of hydrogen-bond donors (Lipinski definition) is 1. The Balaban J connectivity index is 1.45. The smallest absolute Gasteiger partial charge is 0.331 e. The maximum Gasteiger partial charge on any atom is 0.331 e. The van der Waals surface area contributed by atoms with E-state index in [1.807, 2.05) is 60.7 Å². The first kappa shape index (κ1) is 33.4. The molecule has 45 heavy (non-hydrogen) atoms. The molecule has 1 fully saturated rings. The molecule has 1 aliphatic rings. The van der Waals surface area contributed by atoms with Crippen molar-refractivity contribution in [3.05, 3.63) is 89.7 Å². The average molecular weight is 623 g/mol. The van der Waals surface area contributed by atoms with Gasteiger partial charge in [-0.05, 0) is 11.1 Å². The molecular formula is C33H38N2O10. The molecule has 0 spiro atoms. The molecule has 3 atom stereocenters. The van der Waals surface area contributed by atoms with Crippen molar-refractivity contribution in [2.24, 2.45) is 5.92 Å². The van der Waals surface area contributed by atoms with Crippen molar-refractivity contribution >= 4 is 17.8 Å². The van der Waals surface area contributed by atoms with E-state index in [0.29, 0.717) is 6.61 Å². The van der Waals surface area contributed by atoms with E-state index in [9.17, 15) is 14.4 Å². The number of benzene rings is 2. The summed E-state index contributed by atoms with van der Waals surface area (Å²) in [5.41, 5.74) is 1.72. The van der Waals surface area contributed by atoms with Crippen molar-refractivity contribution in [3.63, 3.8) is 0 Å². The standard InChI is InChI=1S/C33H38N2O10/c1-22(2)32(37)45-21-44-30-26(39-3)14-15-34-29(30)31(36)35-25-18-40-19-27(41-16-23-10-6-4-7-11-23)28(20-43-33(25)38)42-17-24-12-8-5-9-13-24/h4-15,22,25,27-28H,16-21H2,1-3H3,(H,35,36)/t25-,27-,28-/m0/s1. The molecule has 1 aromatic heterocycles. The van der Waals surface area contributed by atoms with E-state index in [1.165, 1.54) is 19.4 Å². The Morgan fingerprint density at radius 1 is 0.911 bits per heavy atom. The highest BCUT2D eigenvalue weighted by Gasteiger charge is 2.33. The molecule has 12 heteroatoms. The summed E-state index contributed by atoms with van der Waals surface area (Å²) in [4.78, 5) is 42.5. The van der Waals surface area contributed by atoms with E-state index >= 15 is 0 Å². The summed E-state index contributed by atoms with van der Waals surface area (Å²) in [7, 11) is 1.39. The van der Waals surface area contributed by atoms with Crippen LogP contribution in [0.25, 0.3) is 0 Å². The molecule has 1 aliphatic heterocycles. The molecule has 240 valence electrons. The van der Waals surface area contributed by atoms with Crippen LogP contribution in [0, 0.1) is 5.92 Å². The van der Waals surface area contributed by atoms with Gasteiger partial charge in [-0.25, -0.2) is 9.78 Å². The lowest BCUT2D eigenvalue weighted by molar-refractivity contribution is -0.156. The molecule has 0 unspecified atom stereocenters. The molecule has 3 aromatic rings. The Morgan fingerprint density at radius 3 is 2.13 bits per heavy atom. The number of carbonyl (C=O) groups excluding carboxylic acids is 3. The first-order valence-corrected chi connectivity index (χ1v) is 14.5. The Hall–Kier alpha value is -4.52. The third-order valence-electron chi connectivity index (χ3n) is 6.75. The van der Waals surface area contributed by atoms with Gasteiger partial charge < -0.3 is 38.5 Å². The van der Waals surface area contributed by atoms with Crippen LogP contribution in [0.5, 0.6) is 11.5 Å². The predicted octanol–water partition coefficient (Wildman–Crippen LogP) is 3.47. The summed E-state index contributed by atoms with van der Waals surface area (Å²) in [6.07, 6.45) is 0.118. The molecule has 0 bridgehead atoms. The fraction of sp³-hybridized carbons (Fsp3) is 0.394. The van der Waals surface area contributed by atoms with Gasteiger partial charge in [0.1, 0.15) is 18.8 Å². The summed E-state index contributed by atoms with van der Waals surface area (Å²) in [5.74, 6) is -2.20. The van der Waals surface area contributed by atoms with Gasteiger partial charge in [-0.3, -0.25) is 9.59 Å². The number of methoxy groups -OCH3 is 1. The second-order valence-corrected chi connectivity index (χ2v) is 10.4. The average Bonchev–Trinajstić information content (AvgIpc) is 3.13. The van der Waals surface area contributed by atoms with Gasteiger partial charge in [-0.2, -0.15) is 0 Å². The van der Waals surface area contributed by atoms with Crippen molar-refractivity contribution in [1.29, 1.82) is 0 Å². The van der Waals surface area contributed by atoms with Gasteiger partial charge in [0, 0.05) is 12.3 Å². The van der Waals surface area contributed by atoms with Crippen LogP contribution < -0.4 is 14.8 Å². The summed E-state index contributed by atoms with van der Waals surface area (Å²) in [6.45, 7) is 3.20. The molecule has 2 heterocycles. The number of esters is 2. The van der Waals surface area contributed by atoms with E-state index in [-0.39, 0.29) is 49.5 Å². The van der Waals surface area contributed by atoms with E-state index in [0.717, 1.165) is 11.1 Å². The van der Waals surface area contributed by atoms with Crippen LogP contribution in [0.15, 0.2) is 72.9 Å². The second kappa shape index (κ2) is 17.1. The first-order valence-electron chi connectivity index (χ1n) is 14.5. The SMILES string of the molecule is COc1ccnc(C(=O)N[C@H]2COC[C@H](OCc3ccccc3)[C@@H](OCc3ccccc3)COC2=O)c1OCOC(=O)C(C)C. The topological polar surface area (TPSA) is 141 Å². The van der Waals surface area contributed by atoms with Crippen molar-refractivity contribution in [2.45, 2.75) is 45.3 Å². The van der Waals surface area contributed by atoms with Crippen LogP contribution in [-0.4, -0.2) is 74.8 Å². The number of ether oxygens (including phenoxy) is 7. The lowest BCUT2D eigenvalue weighted by Crippen LogP contribution is -2.45. The fourth-order valence-corrected chi connectivity index (χ4v) is 4.25. The molecule has 0 aliphatic carbocycles. The number of carbonyl (C=O) groups is 3. The molecule has 12 nitrogen and oxygen atoms in total. The number of hydrogen-bond acceptors (Lipinski definition) is 11. The Kier molecular flexibility index (Phi) is 12.7. The minimum Gasteiger partial charge on any atom is -0.493 e. The van der Waals surface area contributed by atoms with Gasteiger partial charge in [0.05, 0.1) is 39.5 Å². The maximum absolute atomic E-state index is 13.4. The van der Waals surface area contributed by atoms with Crippen LogP contribution in [0.1, 0.15) is 35.5 Å². The van der Waals surface area contributed by atoms with Crippen molar-refractivity contribution in [3.8, 4) is 11.5 Å². The number of nitrogens with zero attached hydrogens (tertiary/aromatic N) is 1. The molecule has 1 amide bonds. The first-order chi connectivity index (χ1) is 21.9. The van der Waals surface area contributed by atoms with Crippen LogP contribution in [-0.2, 0) is 46.5 Å². The van der Waals surface area contributed by atoms with Gasteiger partial charge >= 0.3 is 11.9 Å². The van der Waals surface area contributed by atoms with Crippen LogP contribution in [0.4, 0.5) is 0 Å². The summed E-state index contributed by atoms with van der Waals surface area (Å²) >= 11 is 0. The molecule has 2 aromatic carbocycles. The van der Waals surface area contributed by atoms with Crippen LogP contribution in [0.2, 0.25) is 0 Å². The van der Waals surface area contributed by atoms with Crippen molar-refractivity contribution < 1.29 is 47.5 Å². The van der Waals surface area contributed by atoms with Gasteiger partial charge in [0.15, 0.2) is 23.2 Å². The van der Waals surface area contributed by atoms with E-state index < -0.39 is 42.9 Å². The van der Waals surface area contributed by atoms with Crippen molar-refractivity contribution in [2.75, 3.05) is 33.7 Å². The number of cyclic esters (lactones) is 1. The van der Waals surface area contributed by atoms with Gasteiger partial charge in [-0.15, -0.1) is 0 Å². The lowest BCUT2D eigenvalue weighted by Gasteiger charge is -2.26. The molecule has 0 saturated carbocycles. The third-order valence-corrected chi connectivity index (χ3v) is 6.75. The van der Waals surface area contributed by atoms with Gasteiger partial charge in [-0.1, -0.05) is 74.5 Å². The molecule has 1 N–H and O–H groups in total. The molecule has 1 saturated heterocycles. The number of amides is 1.